The van der Waals surface area contributed by atoms with Crippen molar-refractivity contribution < 1.29 is 19.1 Å². The molecule has 0 atom stereocenters. The third kappa shape index (κ3) is 3.15. The van der Waals surface area contributed by atoms with E-state index in [1.807, 2.05) is 6.08 Å². The molecule has 0 spiro atoms. The number of carbonyl (C=O) groups excluding carboxylic acids is 2. The molecule has 0 radical (unpaired) electrons. The standard InChI is InChI=1S/C10H16N2O4/c1-15-9(13)11-12(10(14)16-2)8-6-4-3-5-7-8/h6H,3-5,7H2,1-2H3,(H,11,13). The van der Waals surface area contributed by atoms with Gasteiger partial charge in [-0.1, -0.05) is 6.08 Å². The van der Waals surface area contributed by atoms with E-state index in [0.717, 1.165) is 36.4 Å². The molecular weight excluding hydrogens is 212 g/mol. The van der Waals surface area contributed by atoms with E-state index in [-0.39, 0.29) is 0 Å². The summed E-state index contributed by atoms with van der Waals surface area (Å²) in [6.07, 6.45) is 4.30. The van der Waals surface area contributed by atoms with Crippen LogP contribution in [0, 0.1) is 0 Å². The Kier molecular flexibility index (Phi) is 4.63. The van der Waals surface area contributed by atoms with Gasteiger partial charge in [0.1, 0.15) is 0 Å². The summed E-state index contributed by atoms with van der Waals surface area (Å²) in [6.45, 7) is 0. The first-order valence-electron chi connectivity index (χ1n) is 5.10. The van der Waals surface area contributed by atoms with Gasteiger partial charge < -0.3 is 9.47 Å². The van der Waals surface area contributed by atoms with Gasteiger partial charge in [0.15, 0.2) is 0 Å². The van der Waals surface area contributed by atoms with Gasteiger partial charge in [0, 0.05) is 5.70 Å². The van der Waals surface area contributed by atoms with Crippen LogP contribution in [0.1, 0.15) is 25.7 Å². The second-order valence-electron chi connectivity index (χ2n) is 3.35. The van der Waals surface area contributed by atoms with Crippen molar-refractivity contribution in [2.75, 3.05) is 14.2 Å². The molecule has 0 aromatic rings. The molecule has 0 aromatic carbocycles. The number of ether oxygens (including phenoxy) is 2. The van der Waals surface area contributed by atoms with E-state index in [2.05, 4.69) is 14.9 Å². The van der Waals surface area contributed by atoms with E-state index in [9.17, 15) is 9.59 Å². The van der Waals surface area contributed by atoms with Crippen LogP contribution in [0.2, 0.25) is 0 Å². The first kappa shape index (κ1) is 12.4. The molecule has 1 aliphatic carbocycles. The van der Waals surface area contributed by atoms with Crippen molar-refractivity contribution in [2.24, 2.45) is 0 Å². The molecule has 0 bridgehead atoms. The number of hydrogen-bond donors (Lipinski definition) is 1. The number of rotatable bonds is 1. The van der Waals surface area contributed by atoms with Crippen molar-refractivity contribution in [1.29, 1.82) is 0 Å². The van der Waals surface area contributed by atoms with Crippen LogP contribution >= 0.6 is 0 Å². The predicted octanol–water partition coefficient (Wildman–Crippen LogP) is 1.78. The van der Waals surface area contributed by atoms with Crippen molar-refractivity contribution in [1.82, 2.24) is 10.4 Å². The van der Waals surface area contributed by atoms with Gasteiger partial charge >= 0.3 is 12.2 Å². The zero-order valence-corrected chi connectivity index (χ0v) is 9.49. The monoisotopic (exact) mass is 228 g/mol. The number of hydrazine groups is 1. The fourth-order valence-corrected chi connectivity index (χ4v) is 1.49. The molecule has 0 aliphatic heterocycles. The highest BCUT2D eigenvalue weighted by atomic mass is 16.6. The normalized spacial score (nSPS) is 14.8. The van der Waals surface area contributed by atoms with Gasteiger partial charge in [-0.15, -0.1) is 0 Å². The topological polar surface area (TPSA) is 67.9 Å². The van der Waals surface area contributed by atoms with Gasteiger partial charge in [-0.2, -0.15) is 5.01 Å². The van der Waals surface area contributed by atoms with Crippen molar-refractivity contribution in [3.8, 4) is 0 Å². The lowest BCUT2D eigenvalue weighted by Gasteiger charge is -2.25. The summed E-state index contributed by atoms with van der Waals surface area (Å²) in [7, 11) is 2.50. The first-order chi connectivity index (χ1) is 7.69. The maximum atomic E-state index is 11.5. The van der Waals surface area contributed by atoms with Crippen LogP contribution in [0.4, 0.5) is 9.59 Å². The Morgan fingerprint density at radius 2 is 2.06 bits per heavy atom. The maximum Gasteiger partial charge on any atom is 0.433 e. The van der Waals surface area contributed by atoms with Crippen LogP contribution in [-0.2, 0) is 9.47 Å². The Labute approximate surface area is 94.2 Å². The van der Waals surface area contributed by atoms with Crippen LogP contribution < -0.4 is 5.43 Å². The Bertz CT molecular complexity index is 301. The van der Waals surface area contributed by atoms with Crippen LogP contribution in [-0.4, -0.2) is 31.4 Å². The molecule has 2 amide bonds. The van der Waals surface area contributed by atoms with Crippen LogP contribution in [0.3, 0.4) is 0 Å². The summed E-state index contributed by atoms with van der Waals surface area (Å²) in [5.41, 5.74) is 3.06. The molecule has 0 heterocycles. The fraction of sp³-hybridized carbons (Fsp3) is 0.600. The average molecular weight is 228 g/mol. The third-order valence-electron chi connectivity index (χ3n) is 2.30. The second kappa shape index (κ2) is 5.99. The Hall–Kier alpha value is -1.72. The Morgan fingerprint density at radius 3 is 2.56 bits per heavy atom. The highest BCUT2D eigenvalue weighted by Crippen LogP contribution is 2.20. The zero-order chi connectivity index (χ0) is 12.0. The molecule has 0 aromatic heterocycles. The highest BCUT2D eigenvalue weighted by Gasteiger charge is 2.22. The molecule has 90 valence electrons. The second-order valence-corrected chi connectivity index (χ2v) is 3.35. The summed E-state index contributed by atoms with van der Waals surface area (Å²) in [6, 6.07) is 0. The number of allylic oxidation sites excluding steroid dienone is 2. The van der Waals surface area contributed by atoms with E-state index < -0.39 is 12.2 Å². The quantitative estimate of drug-likeness (QED) is 0.695. The van der Waals surface area contributed by atoms with Gasteiger partial charge in [0.2, 0.25) is 0 Å². The smallest absolute Gasteiger partial charge is 0.433 e. The molecule has 0 saturated carbocycles. The number of amides is 2. The summed E-state index contributed by atoms with van der Waals surface area (Å²) in [5, 5.41) is 1.09. The SMILES string of the molecule is COC(=O)NN(C(=O)OC)C1=CCCCC1. The number of carbonyl (C=O) groups is 2. The van der Waals surface area contributed by atoms with E-state index in [1.54, 1.807) is 0 Å². The van der Waals surface area contributed by atoms with Crippen LogP contribution in [0.15, 0.2) is 11.8 Å². The van der Waals surface area contributed by atoms with Gasteiger partial charge in [0.05, 0.1) is 14.2 Å². The third-order valence-corrected chi connectivity index (χ3v) is 2.30. The first-order valence-corrected chi connectivity index (χ1v) is 5.10. The summed E-state index contributed by atoms with van der Waals surface area (Å²) in [5.74, 6) is 0. The molecule has 0 saturated heterocycles. The van der Waals surface area contributed by atoms with Crippen molar-refractivity contribution in [3.05, 3.63) is 11.8 Å². The minimum Gasteiger partial charge on any atom is -0.452 e. The van der Waals surface area contributed by atoms with E-state index in [0.29, 0.717) is 0 Å². The van der Waals surface area contributed by atoms with Crippen LogP contribution in [0.25, 0.3) is 0 Å². The molecule has 1 N–H and O–H groups in total. The van der Waals surface area contributed by atoms with Gasteiger partial charge in [-0.05, 0) is 25.7 Å². The van der Waals surface area contributed by atoms with E-state index in [1.165, 1.54) is 14.2 Å². The molecular formula is C10H16N2O4. The molecule has 0 unspecified atom stereocenters. The fourth-order valence-electron chi connectivity index (χ4n) is 1.49. The van der Waals surface area contributed by atoms with Gasteiger partial charge in [-0.3, -0.25) is 0 Å². The minimum absolute atomic E-state index is 0.626. The molecule has 6 nitrogen and oxygen atoms in total. The molecule has 16 heavy (non-hydrogen) atoms. The van der Waals surface area contributed by atoms with Crippen molar-refractivity contribution in [2.45, 2.75) is 25.7 Å². The molecule has 1 rings (SSSR count). The lowest BCUT2D eigenvalue weighted by Crippen LogP contribution is -2.45. The number of nitrogens with zero attached hydrogens (tertiary/aromatic N) is 1. The van der Waals surface area contributed by atoms with E-state index in [4.69, 9.17) is 0 Å². The summed E-state index contributed by atoms with van der Waals surface area (Å²) in [4.78, 5) is 22.5. The average Bonchev–Trinajstić information content (AvgIpc) is 2.35. The summed E-state index contributed by atoms with van der Waals surface area (Å²) < 4.78 is 9.03. The largest absolute Gasteiger partial charge is 0.452 e. The molecule has 0 fully saturated rings. The lowest BCUT2D eigenvalue weighted by atomic mass is 10.0. The van der Waals surface area contributed by atoms with Gasteiger partial charge in [0.25, 0.3) is 0 Å². The Balaban J connectivity index is 2.73. The van der Waals surface area contributed by atoms with Gasteiger partial charge in [-0.25, -0.2) is 15.0 Å². The highest BCUT2D eigenvalue weighted by molar-refractivity contribution is 5.75. The number of nitrogens with one attached hydrogen (secondary N) is 1. The molecule has 6 heteroatoms. The van der Waals surface area contributed by atoms with Crippen molar-refractivity contribution >= 4 is 12.2 Å². The number of methoxy groups -OCH3 is 2. The predicted molar refractivity (Wildman–Crippen MR) is 56.3 cm³/mol. The van der Waals surface area contributed by atoms with Crippen molar-refractivity contribution in [3.63, 3.8) is 0 Å². The maximum absolute atomic E-state index is 11.5. The summed E-state index contributed by atoms with van der Waals surface area (Å²) >= 11 is 0. The molecule has 1 aliphatic rings. The minimum atomic E-state index is -0.697. The van der Waals surface area contributed by atoms with Crippen LogP contribution in [0.5, 0.6) is 0 Å². The number of hydrogen-bond acceptors (Lipinski definition) is 4. The Morgan fingerprint density at radius 1 is 1.31 bits per heavy atom. The zero-order valence-electron chi connectivity index (χ0n) is 9.49. The lowest BCUT2D eigenvalue weighted by molar-refractivity contribution is 0.101. The van der Waals surface area contributed by atoms with E-state index >= 15 is 0 Å².